The highest BCUT2D eigenvalue weighted by atomic mass is 127. The summed E-state index contributed by atoms with van der Waals surface area (Å²) >= 11 is 0. The molecule has 2 aromatic heterocycles. The van der Waals surface area contributed by atoms with Crippen LogP contribution in [0.1, 0.15) is 25.5 Å². The van der Waals surface area contributed by atoms with Crippen LogP contribution in [-0.4, -0.2) is 4.57 Å². The van der Waals surface area contributed by atoms with E-state index in [1.54, 1.807) is 0 Å². The van der Waals surface area contributed by atoms with Crippen molar-refractivity contribution < 1.29 is 33.0 Å². The van der Waals surface area contributed by atoms with Gasteiger partial charge in [0.2, 0.25) is 6.33 Å². The fourth-order valence-electron chi connectivity index (χ4n) is 3.16. The highest BCUT2D eigenvalue weighted by molar-refractivity contribution is 5.77. The monoisotopic (exact) mass is 432 g/mol. The van der Waals surface area contributed by atoms with Gasteiger partial charge < -0.3 is 28.4 Å². The van der Waals surface area contributed by atoms with Crippen molar-refractivity contribution in [1.29, 1.82) is 0 Å². The fourth-order valence-corrected chi connectivity index (χ4v) is 3.16. The van der Waals surface area contributed by atoms with Crippen molar-refractivity contribution in [2.45, 2.75) is 32.9 Å². The number of hydrogen-bond donors (Lipinski definition) is 0. The lowest BCUT2D eigenvalue weighted by Gasteiger charge is -1.94. The maximum Gasteiger partial charge on any atom is 0.245 e. The normalized spacial score (nSPS) is 11.0. The van der Waals surface area contributed by atoms with E-state index in [1.165, 1.54) is 23.9 Å². The first-order valence-corrected chi connectivity index (χ1v) is 8.30. The molecule has 0 fully saturated rings. The lowest BCUT2D eigenvalue weighted by Crippen LogP contribution is -3.00. The number of benzene rings is 2. The number of imidazole rings is 1. The summed E-state index contributed by atoms with van der Waals surface area (Å²) in [6.45, 7) is 4.05. The van der Waals surface area contributed by atoms with Gasteiger partial charge in [0.25, 0.3) is 0 Å². The van der Waals surface area contributed by atoms with Gasteiger partial charge in [0.05, 0.1) is 6.54 Å². The quantitative estimate of drug-likeness (QED) is 0.347. The molecule has 124 valence electrons. The molecule has 0 aliphatic heterocycles. The number of rotatable bonds is 5. The minimum atomic E-state index is 0. The topological polar surface area (TPSA) is 21.9 Å². The van der Waals surface area contributed by atoms with E-state index in [0.717, 1.165) is 29.8 Å². The van der Waals surface area contributed by atoms with E-state index in [9.17, 15) is 0 Å². The zero-order valence-electron chi connectivity index (χ0n) is 13.8. The average molecular weight is 432 g/mol. The molecule has 0 radical (unpaired) electrons. The molecular weight excluding hydrogens is 411 g/mol. The third-order valence-electron chi connectivity index (χ3n) is 4.33. The van der Waals surface area contributed by atoms with Crippen LogP contribution in [0.5, 0.6) is 0 Å². The molecule has 0 spiro atoms. The standard InChI is InChI=1S/C20H21N2O.HI/c1-2-3-12-21-15-22(19-10-6-5-9-18(19)21)14-17-13-16-8-4-7-11-20(16)23-17;/h4-11,13,15H,2-3,12,14H2,1H3;1H/q+1;/p-1. The van der Waals surface area contributed by atoms with E-state index in [0.29, 0.717) is 0 Å². The smallest absolute Gasteiger partial charge is 0.245 e. The number of nitrogens with zero attached hydrogens (tertiary/aromatic N) is 2. The molecular formula is C20H21IN2O. The second-order valence-electron chi connectivity index (χ2n) is 6.03. The maximum absolute atomic E-state index is 5.98. The predicted octanol–water partition coefficient (Wildman–Crippen LogP) is 1.53. The second kappa shape index (κ2) is 7.38. The van der Waals surface area contributed by atoms with Crippen molar-refractivity contribution in [3.63, 3.8) is 0 Å². The molecule has 0 saturated heterocycles. The highest BCUT2D eigenvalue weighted by Crippen LogP contribution is 2.19. The van der Waals surface area contributed by atoms with Gasteiger partial charge in [-0.2, -0.15) is 0 Å². The average Bonchev–Trinajstić information content (AvgIpc) is 3.14. The van der Waals surface area contributed by atoms with Crippen LogP contribution in [0.2, 0.25) is 0 Å². The highest BCUT2D eigenvalue weighted by Gasteiger charge is 2.16. The fraction of sp³-hybridized carbons (Fsp3) is 0.250. The van der Waals surface area contributed by atoms with Gasteiger partial charge in [0, 0.05) is 5.39 Å². The lowest BCUT2D eigenvalue weighted by atomic mass is 10.2. The van der Waals surface area contributed by atoms with E-state index in [1.807, 2.05) is 18.2 Å². The van der Waals surface area contributed by atoms with Crippen molar-refractivity contribution in [1.82, 2.24) is 4.57 Å². The van der Waals surface area contributed by atoms with E-state index < -0.39 is 0 Å². The van der Waals surface area contributed by atoms with Gasteiger partial charge >= 0.3 is 0 Å². The molecule has 0 N–H and O–H groups in total. The van der Waals surface area contributed by atoms with Crippen molar-refractivity contribution in [3.05, 3.63) is 66.7 Å². The number of aryl methyl sites for hydroxylation is 1. The maximum atomic E-state index is 5.98. The first-order chi connectivity index (χ1) is 11.3. The molecule has 2 aromatic carbocycles. The molecule has 24 heavy (non-hydrogen) atoms. The molecule has 4 aromatic rings. The van der Waals surface area contributed by atoms with Crippen molar-refractivity contribution in [2.75, 3.05) is 0 Å². The number of halogens is 1. The minimum Gasteiger partial charge on any atom is -1.00 e. The number of aromatic nitrogens is 2. The molecule has 2 heterocycles. The van der Waals surface area contributed by atoms with Crippen LogP contribution in [0.15, 0.2) is 65.3 Å². The molecule has 0 saturated carbocycles. The zero-order valence-corrected chi connectivity index (χ0v) is 15.9. The summed E-state index contributed by atoms with van der Waals surface area (Å²) in [5, 5.41) is 1.16. The molecule has 0 aliphatic carbocycles. The summed E-state index contributed by atoms with van der Waals surface area (Å²) in [6.07, 6.45) is 4.62. The Bertz CT molecular complexity index is 922. The van der Waals surface area contributed by atoms with Crippen LogP contribution in [0.3, 0.4) is 0 Å². The van der Waals surface area contributed by atoms with Crippen LogP contribution in [0.25, 0.3) is 22.0 Å². The largest absolute Gasteiger partial charge is 1.00 e. The Morgan fingerprint density at radius 2 is 1.83 bits per heavy atom. The van der Waals surface area contributed by atoms with Crippen LogP contribution < -0.4 is 28.5 Å². The number of hydrogen-bond acceptors (Lipinski definition) is 1. The number of furan rings is 1. The van der Waals surface area contributed by atoms with Crippen molar-refractivity contribution in [3.8, 4) is 0 Å². The van der Waals surface area contributed by atoms with Gasteiger partial charge in [-0.15, -0.1) is 0 Å². The summed E-state index contributed by atoms with van der Waals surface area (Å²) < 4.78 is 10.6. The van der Waals surface area contributed by atoms with Gasteiger partial charge in [0.15, 0.2) is 11.0 Å². The number of unbranched alkanes of at least 4 members (excludes halogenated alkanes) is 1. The third-order valence-corrected chi connectivity index (χ3v) is 4.33. The lowest BCUT2D eigenvalue weighted by molar-refractivity contribution is -0.665. The van der Waals surface area contributed by atoms with E-state index in [2.05, 4.69) is 58.8 Å². The molecule has 4 rings (SSSR count). The van der Waals surface area contributed by atoms with Gasteiger partial charge in [-0.05, 0) is 30.7 Å². The Kier molecular flexibility index (Phi) is 5.23. The van der Waals surface area contributed by atoms with E-state index >= 15 is 0 Å². The third kappa shape index (κ3) is 3.20. The summed E-state index contributed by atoms with van der Waals surface area (Å²) in [4.78, 5) is 0. The second-order valence-corrected chi connectivity index (χ2v) is 6.03. The van der Waals surface area contributed by atoms with E-state index in [4.69, 9.17) is 4.42 Å². The predicted molar refractivity (Wildman–Crippen MR) is 92.4 cm³/mol. The number of para-hydroxylation sites is 3. The van der Waals surface area contributed by atoms with Crippen molar-refractivity contribution in [2.24, 2.45) is 0 Å². The van der Waals surface area contributed by atoms with Crippen LogP contribution in [0, 0.1) is 0 Å². The Labute approximate surface area is 158 Å². The van der Waals surface area contributed by atoms with Crippen LogP contribution in [-0.2, 0) is 13.1 Å². The summed E-state index contributed by atoms with van der Waals surface area (Å²) in [5.41, 5.74) is 3.50. The van der Waals surface area contributed by atoms with Gasteiger partial charge in [0.1, 0.15) is 17.9 Å². The minimum absolute atomic E-state index is 0. The van der Waals surface area contributed by atoms with Gasteiger partial charge in [-0.1, -0.05) is 43.7 Å². The molecule has 0 bridgehead atoms. The number of fused-ring (bicyclic) bond motifs is 2. The first-order valence-electron chi connectivity index (χ1n) is 8.30. The van der Waals surface area contributed by atoms with Crippen molar-refractivity contribution >= 4 is 22.0 Å². The van der Waals surface area contributed by atoms with Gasteiger partial charge in [-0.3, -0.25) is 0 Å². The Morgan fingerprint density at radius 1 is 1.04 bits per heavy atom. The first kappa shape index (κ1) is 17.0. The Hall–Kier alpha value is -1.82. The summed E-state index contributed by atoms with van der Waals surface area (Å²) in [6, 6.07) is 18.9. The molecule has 0 atom stereocenters. The van der Waals surface area contributed by atoms with Crippen LogP contribution in [0.4, 0.5) is 0 Å². The Morgan fingerprint density at radius 3 is 2.67 bits per heavy atom. The van der Waals surface area contributed by atoms with Gasteiger partial charge in [-0.25, -0.2) is 9.13 Å². The Balaban J connectivity index is 0.00000169. The molecule has 4 heteroatoms. The molecule has 0 aliphatic rings. The summed E-state index contributed by atoms with van der Waals surface area (Å²) in [7, 11) is 0. The SMILES string of the molecule is CCCCn1c[n+](Cc2cc3ccccc3o2)c2ccccc21.[I-]. The molecule has 0 unspecified atom stereocenters. The molecule has 3 nitrogen and oxygen atoms in total. The van der Waals surface area contributed by atoms with E-state index in [-0.39, 0.29) is 24.0 Å². The van der Waals surface area contributed by atoms with Crippen LogP contribution >= 0.6 is 0 Å². The zero-order chi connectivity index (χ0) is 15.6. The molecule has 0 amide bonds. The summed E-state index contributed by atoms with van der Waals surface area (Å²) in [5.74, 6) is 0.995.